The molecule has 0 aromatic carbocycles. The molecule has 0 heterocycles. The van der Waals surface area contributed by atoms with Gasteiger partial charge in [-0.15, -0.1) is 0 Å². The second-order valence-corrected chi connectivity index (χ2v) is 11.0. The van der Waals surface area contributed by atoms with E-state index in [0.29, 0.717) is 6.42 Å². The molecule has 0 rings (SSSR count). The number of carboxylic acid groups (broad SMARTS) is 1. The Balaban J connectivity index is 4.07. The minimum atomic E-state index is -0.701. The van der Waals surface area contributed by atoms with Crippen molar-refractivity contribution in [3.8, 4) is 0 Å². The van der Waals surface area contributed by atoms with Crippen LogP contribution in [0.2, 0.25) is 0 Å². The summed E-state index contributed by atoms with van der Waals surface area (Å²) < 4.78 is 5.94. The second kappa shape index (κ2) is 29.2. The number of carbonyl (C=O) groups is 2. The number of rotatable bonds is 29. The van der Waals surface area contributed by atoms with E-state index in [-0.39, 0.29) is 18.5 Å². The SMILES string of the molecule is CCC/C=C\CCCCCCCC(=O)OC(CCCCCCCCCCC)CCCCCCCC(=O)O. The maximum Gasteiger partial charge on any atom is 0.306 e. The number of carbonyl (C=O) groups excluding carboxylic acids is 1. The quantitative estimate of drug-likeness (QED) is 0.0602. The lowest BCUT2D eigenvalue weighted by Gasteiger charge is -2.18. The predicted octanol–water partition coefficient (Wildman–Crippen LogP) is 10.7. The Morgan fingerprint density at radius 2 is 1.03 bits per heavy atom. The Kier molecular flexibility index (Phi) is 28.2. The van der Waals surface area contributed by atoms with Gasteiger partial charge < -0.3 is 9.84 Å². The van der Waals surface area contributed by atoms with Crippen molar-refractivity contribution in [1.82, 2.24) is 0 Å². The van der Waals surface area contributed by atoms with Gasteiger partial charge in [0.25, 0.3) is 0 Å². The van der Waals surface area contributed by atoms with E-state index in [1.807, 2.05) is 0 Å². The standard InChI is InChI=1S/C33H62O4/c1-3-5-7-9-11-13-15-17-22-26-30-33(36)37-31(28-24-20-18-21-25-29-32(34)35)27-23-19-16-14-12-10-8-6-4-2/h7,9,31H,3-6,8,10-30H2,1-2H3,(H,34,35)/b9-7-. The van der Waals surface area contributed by atoms with Gasteiger partial charge in [-0.05, 0) is 57.8 Å². The molecule has 1 unspecified atom stereocenters. The van der Waals surface area contributed by atoms with Crippen LogP contribution in [0.4, 0.5) is 0 Å². The number of hydrogen-bond acceptors (Lipinski definition) is 3. The average Bonchev–Trinajstić information content (AvgIpc) is 2.87. The van der Waals surface area contributed by atoms with Gasteiger partial charge in [-0.25, -0.2) is 0 Å². The minimum absolute atomic E-state index is 0.00937. The Morgan fingerprint density at radius 1 is 0.568 bits per heavy atom. The molecule has 0 aliphatic rings. The highest BCUT2D eigenvalue weighted by molar-refractivity contribution is 5.69. The smallest absolute Gasteiger partial charge is 0.306 e. The van der Waals surface area contributed by atoms with E-state index in [0.717, 1.165) is 64.2 Å². The molecule has 0 spiro atoms. The fraction of sp³-hybridized carbons (Fsp3) is 0.879. The van der Waals surface area contributed by atoms with Gasteiger partial charge in [0.05, 0.1) is 0 Å². The second-order valence-electron chi connectivity index (χ2n) is 11.0. The average molecular weight is 523 g/mol. The molecule has 0 fully saturated rings. The highest BCUT2D eigenvalue weighted by Gasteiger charge is 2.14. The van der Waals surface area contributed by atoms with Crippen molar-refractivity contribution in [1.29, 1.82) is 0 Å². The van der Waals surface area contributed by atoms with E-state index in [1.165, 1.54) is 89.9 Å². The molecule has 0 aromatic heterocycles. The summed E-state index contributed by atoms with van der Waals surface area (Å²) in [6, 6.07) is 0. The first-order valence-electron chi connectivity index (χ1n) is 16.2. The molecular formula is C33H62O4. The fourth-order valence-electron chi connectivity index (χ4n) is 4.83. The van der Waals surface area contributed by atoms with Gasteiger partial charge in [0.15, 0.2) is 0 Å². The molecule has 0 amide bonds. The summed E-state index contributed by atoms with van der Waals surface area (Å²) in [6.07, 6.45) is 33.6. The summed E-state index contributed by atoms with van der Waals surface area (Å²) in [4.78, 5) is 23.1. The number of esters is 1. The summed E-state index contributed by atoms with van der Waals surface area (Å²) in [7, 11) is 0. The molecule has 0 saturated carbocycles. The number of ether oxygens (including phenoxy) is 1. The fourth-order valence-corrected chi connectivity index (χ4v) is 4.83. The van der Waals surface area contributed by atoms with Crippen molar-refractivity contribution >= 4 is 11.9 Å². The molecule has 0 aliphatic carbocycles. The molecule has 4 heteroatoms. The zero-order valence-electron chi connectivity index (χ0n) is 24.8. The molecule has 0 aromatic rings. The summed E-state index contributed by atoms with van der Waals surface area (Å²) in [5.41, 5.74) is 0. The normalized spacial score (nSPS) is 12.3. The number of carboxylic acids is 1. The monoisotopic (exact) mass is 522 g/mol. The molecule has 0 aliphatic heterocycles. The van der Waals surface area contributed by atoms with E-state index in [9.17, 15) is 9.59 Å². The lowest BCUT2D eigenvalue weighted by molar-refractivity contribution is -0.150. The Bertz CT molecular complexity index is 528. The minimum Gasteiger partial charge on any atom is -0.481 e. The van der Waals surface area contributed by atoms with E-state index in [1.54, 1.807) is 0 Å². The highest BCUT2D eigenvalue weighted by Crippen LogP contribution is 2.18. The van der Waals surface area contributed by atoms with Gasteiger partial charge in [0.2, 0.25) is 0 Å². The van der Waals surface area contributed by atoms with Gasteiger partial charge in [-0.1, -0.05) is 122 Å². The van der Waals surface area contributed by atoms with Gasteiger partial charge in [0.1, 0.15) is 6.10 Å². The van der Waals surface area contributed by atoms with Crippen LogP contribution in [0.15, 0.2) is 12.2 Å². The number of allylic oxidation sites excluding steroid dienone is 2. The van der Waals surface area contributed by atoms with E-state index >= 15 is 0 Å². The van der Waals surface area contributed by atoms with E-state index in [4.69, 9.17) is 9.84 Å². The maximum atomic E-state index is 12.5. The van der Waals surface area contributed by atoms with Crippen LogP contribution in [0, 0.1) is 0 Å². The summed E-state index contributed by atoms with van der Waals surface area (Å²) in [5.74, 6) is -0.711. The van der Waals surface area contributed by atoms with Gasteiger partial charge in [0, 0.05) is 12.8 Å². The number of unbranched alkanes of at least 4 members (excludes halogenated alkanes) is 18. The number of hydrogen-bond donors (Lipinski definition) is 1. The van der Waals surface area contributed by atoms with E-state index < -0.39 is 5.97 Å². The third kappa shape index (κ3) is 29.1. The highest BCUT2D eigenvalue weighted by atomic mass is 16.5. The largest absolute Gasteiger partial charge is 0.481 e. The van der Waals surface area contributed by atoms with Crippen LogP contribution in [-0.4, -0.2) is 23.1 Å². The van der Waals surface area contributed by atoms with E-state index in [2.05, 4.69) is 26.0 Å². The van der Waals surface area contributed by atoms with Crippen LogP contribution in [-0.2, 0) is 14.3 Å². The van der Waals surface area contributed by atoms with Gasteiger partial charge in [-0.3, -0.25) is 9.59 Å². The summed E-state index contributed by atoms with van der Waals surface area (Å²) in [5, 5.41) is 8.76. The Labute approximate surface area is 230 Å². The molecule has 1 N–H and O–H groups in total. The third-order valence-electron chi connectivity index (χ3n) is 7.22. The Hall–Kier alpha value is -1.32. The van der Waals surface area contributed by atoms with Crippen molar-refractivity contribution in [2.45, 2.75) is 187 Å². The molecule has 0 radical (unpaired) electrons. The molecule has 4 nitrogen and oxygen atoms in total. The Morgan fingerprint density at radius 3 is 1.57 bits per heavy atom. The van der Waals surface area contributed by atoms with Crippen LogP contribution < -0.4 is 0 Å². The van der Waals surface area contributed by atoms with Crippen LogP contribution in [0.5, 0.6) is 0 Å². The van der Waals surface area contributed by atoms with Crippen molar-refractivity contribution in [2.24, 2.45) is 0 Å². The van der Waals surface area contributed by atoms with Crippen LogP contribution in [0.1, 0.15) is 181 Å². The first-order chi connectivity index (χ1) is 18.1. The zero-order valence-corrected chi connectivity index (χ0v) is 24.8. The van der Waals surface area contributed by atoms with Crippen LogP contribution >= 0.6 is 0 Å². The molecule has 0 bridgehead atoms. The zero-order chi connectivity index (χ0) is 27.2. The van der Waals surface area contributed by atoms with Crippen LogP contribution in [0.3, 0.4) is 0 Å². The molecule has 37 heavy (non-hydrogen) atoms. The summed E-state index contributed by atoms with van der Waals surface area (Å²) in [6.45, 7) is 4.47. The van der Waals surface area contributed by atoms with Gasteiger partial charge >= 0.3 is 11.9 Å². The van der Waals surface area contributed by atoms with Crippen LogP contribution in [0.25, 0.3) is 0 Å². The lowest BCUT2D eigenvalue weighted by atomic mass is 10.0. The first-order valence-corrected chi connectivity index (χ1v) is 16.2. The van der Waals surface area contributed by atoms with Crippen molar-refractivity contribution in [3.63, 3.8) is 0 Å². The van der Waals surface area contributed by atoms with Crippen molar-refractivity contribution in [2.75, 3.05) is 0 Å². The molecule has 1 atom stereocenters. The first kappa shape index (κ1) is 35.7. The topological polar surface area (TPSA) is 63.6 Å². The predicted molar refractivity (Wildman–Crippen MR) is 158 cm³/mol. The number of aliphatic carboxylic acids is 1. The summed E-state index contributed by atoms with van der Waals surface area (Å²) >= 11 is 0. The van der Waals surface area contributed by atoms with Crippen molar-refractivity contribution < 1.29 is 19.4 Å². The van der Waals surface area contributed by atoms with Gasteiger partial charge in [-0.2, -0.15) is 0 Å². The third-order valence-corrected chi connectivity index (χ3v) is 7.22. The molecular weight excluding hydrogens is 460 g/mol. The molecule has 0 saturated heterocycles. The maximum absolute atomic E-state index is 12.5. The molecule has 218 valence electrons. The lowest BCUT2D eigenvalue weighted by Crippen LogP contribution is -2.18. The van der Waals surface area contributed by atoms with Crippen molar-refractivity contribution in [3.05, 3.63) is 12.2 Å².